The van der Waals surface area contributed by atoms with E-state index in [4.69, 9.17) is 0 Å². The molecule has 1 amide bonds. The van der Waals surface area contributed by atoms with Gasteiger partial charge in [0.25, 0.3) is 0 Å². The van der Waals surface area contributed by atoms with Crippen molar-refractivity contribution in [3.63, 3.8) is 0 Å². The van der Waals surface area contributed by atoms with Gasteiger partial charge in [-0.15, -0.1) is 11.3 Å². The fourth-order valence-corrected chi connectivity index (χ4v) is 5.28. The molecule has 0 unspecified atom stereocenters. The molecule has 140 valence electrons. The Morgan fingerprint density at radius 1 is 1.22 bits per heavy atom. The minimum Gasteiger partial charge on any atom is -0.326 e. The van der Waals surface area contributed by atoms with E-state index in [1.807, 2.05) is 18.2 Å². The second-order valence-corrected chi connectivity index (χ2v) is 9.22. The minimum absolute atomic E-state index is 0.0806. The van der Waals surface area contributed by atoms with E-state index >= 15 is 0 Å². The number of hydrogen-bond acceptors (Lipinski definition) is 6. The molecule has 3 heterocycles. The zero-order chi connectivity index (χ0) is 18.9. The molecular formula is C18H18N4O3S2. The molecule has 1 saturated heterocycles. The van der Waals surface area contributed by atoms with E-state index in [1.165, 1.54) is 16.6 Å². The Hall–Kier alpha value is -2.36. The van der Waals surface area contributed by atoms with Crippen LogP contribution >= 0.6 is 11.3 Å². The zero-order valence-electron chi connectivity index (χ0n) is 14.4. The lowest BCUT2D eigenvalue weighted by atomic mass is 9.97. The topological polar surface area (TPSA) is 92.3 Å². The Labute approximate surface area is 161 Å². The van der Waals surface area contributed by atoms with E-state index in [0.717, 1.165) is 10.2 Å². The highest BCUT2D eigenvalue weighted by Gasteiger charge is 2.32. The number of rotatable bonds is 4. The van der Waals surface area contributed by atoms with Crippen molar-refractivity contribution in [2.45, 2.75) is 17.7 Å². The average Bonchev–Trinajstić information content (AvgIpc) is 3.16. The molecule has 7 nitrogen and oxygen atoms in total. The smallest absolute Gasteiger partial charge is 0.244 e. The van der Waals surface area contributed by atoms with Crippen LogP contribution in [0.5, 0.6) is 0 Å². The average molecular weight is 403 g/mol. The molecule has 1 fully saturated rings. The predicted octanol–water partition coefficient (Wildman–Crippen LogP) is 2.73. The van der Waals surface area contributed by atoms with Gasteiger partial charge in [-0.05, 0) is 43.2 Å². The number of hydrogen-bond donors (Lipinski definition) is 1. The van der Waals surface area contributed by atoms with Crippen molar-refractivity contribution in [2.75, 3.05) is 18.4 Å². The van der Waals surface area contributed by atoms with Crippen molar-refractivity contribution < 1.29 is 13.2 Å². The van der Waals surface area contributed by atoms with Crippen LogP contribution in [0.1, 0.15) is 12.8 Å². The molecule has 0 aliphatic carbocycles. The Morgan fingerprint density at radius 3 is 2.78 bits per heavy atom. The molecular weight excluding hydrogens is 384 g/mol. The summed E-state index contributed by atoms with van der Waals surface area (Å²) in [5.74, 6) is -0.292. The van der Waals surface area contributed by atoms with Crippen LogP contribution in [-0.2, 0) is 14.8 Å². The van der Waals surface area contributed by atoms with Crippen molar-refractivity contribution in [1.82, 2.24) is 14.3 Å². The van der Waals surface area contributed by atoms with Crippen LogP contribution in [0.2, 0.25) is 0 Å². The summed E-state index contributed by atoms with van der Waals surface area (Å²) in [7, 11) is -3.56. The molecule has 0 bridgehead atoms. The molecule has 27 heavy (non-hydrogen) atoms. The molecule has 1 aliphatic rings. The number of anilines is 1. The summed E-state index contributed by atoms with van der Waals surface area (Å²) >= 11 is 1.55. The van der Waals surface area contributed by atoms with Crippen LogP contribution in [0.25, 0.3) is 10.2 Å². The minimum atomic E-state index is -3.56. The maximum absolute atomic E-state index is 12.6. The Kier molecular flexibility index (Phi) is 4.90. The van der Waals surface area contributed by atoms with Gasteiger partial charge in [-0.1, -0.05) is 0 Å². The standard InChI is InChI=1S/C18H18N4O3S2/c23-18(21-14-3-4-17-16(10-14)20-12-26-17)13-5-8-22(9-6-13)27(24,25)15-2-1-7-19-11-15/h1-4,7,10-13H,5-6,8-9H2,(H,21,23). The Bertz CT molecular complexity index is 1060. The number of benzene rings is 1. The monoisotopic (exact) mass is 402 g/mol. The van der Waals surface area contributed by atoms with Crippen LogP contribution in [-0.4, -0.2) is 41.7 Å². The van der Waals surface area contributed by atoms with Gasteiger partial charge >= 0.3 is 0 Å². The van der Waals surface area contributed by atoms with Crippen LogP contribution < -0.4 is 5.32 Å². The number of amides is 1. The molecule has 1 N–H and O–H groups in total. The molecule has 1 aromatic carbocycles. The van der Waals surface area contributed by atoms with E-state index in [0.29, 0.717) is 31.6 Å². The van der Waals surface area contributed by atoms with Crippen LogP contribution in [0.15, 0.2) is 53.1 Å². The number of piperidine rings is 1. The Morgan fingerprint density at radius 2 is 2.04 bits per heavy atom. The zero-order valence-corrected chi connectivity index (χ0v) is 16.0. The molecule has 1 aliphatic heterocycles. The fourth-order valence-electron chi connectivity index (χ4n) is 3.19. The van der Waals surface area contributed by atoms with Gasteiger partial charge in [0.2, 0.25) is 15.9 Å². The number of thiazole rings is 1. The highest BCUT2D eigenvalue weighted by atomic mass is 32.2. The third-order valence-electron chi connectivity index (χ3n) is 4.69. The summed E-state index contributed by atoms with van der Waals surface area (Å²) in [4.78, 5) is 20.9. The van der Waals surface area contributed by atoms with Crippen LogP contribution in [0.4, 0.5) is 5.69 Å². The number of pyridine rings is 1. The number of aromatic nitrogens is 2. The van der Waals surface area contributed by atoms with E-state index in [1.54, 1.807) is 29.1 Å². The number of nitrogens with one attached hydrogen (secondary N) is 1. The van der Waals surface area contributed by atoms with Gasteiger partial charge in [0.1, 0.15) is 4.90 Å². The van der Waals surface area contributed by atoms with Crippen molar-refractivity contribution >= 4 is 43.2 Å². The largest absolute Gasteiger partial charge is 0.326 e. The van der Waals surface area contributed by atoms with Gasteiger partial charge in [-0.3, -0.25) is 9.78 Å². The van der Waals surface area contributed by atoms with Crippen molar-refractivity contribution in [3.05, 3.63) is 48.2 Å². The number of carbonyl (C=O) groups excluding carboxylic acids is 1. The summed E-state index contributed by atoms with van der Waals surface area (Å²) < 4.78 is 27.8. The lowest BCUT2D eigenvalue weighted by Crippen LogP contribution is -2.41. The second kappa shape index (κ2) is 7.34. The summed E-state index contributed by atoms with van der Waals surface area (Å²) in [6.07, 6.45) is 3.87. The first-order valence-electron chi connectivity index (χ1n) is 8.58. The van der Waals surface area contributed by atoms with Gasteiger partial charge in [-0.2, -0.15) is 4.31 Å². The molecule has 3 aromatic rings. The SMILES string of the molecule is O=C(Nc1ccc2scnc2c1)C1CCN(S(=O)(=O)c2cccnc2)CC1. The summed E-state index contributed by atoms with van der Waals surface area (Å²) in [5, 5.41) is 2.93. The quantitative estimate of drug-likeness (QED) is 0.724. The van der Waals surface area contributed by atoms with Gasteiger partial charge in [0.05, 0.1) is 15.7 Å². The first-order chi connectivity index (χ1) is 13.0. The highest BCUT2D eigenvalue weighted by Crippen LogP contribution is 2.26. The van der Waals surface area contributed by atoms with E-state index < -0.39 is 10.0 Å². The third kappa shape index (κ3) is 3.71. The lowest BCUT2D eigenvalue weighted by Gasteiger charge is -2.30. The first kappa shape index (κ1) is 18.0. The fraction of sp³-hybridized carbons (Fsp3) is 0.278. The molecule has 9 heteroatoms. The molecule has 0 spiro atoms. The Balaban J connectivity index is 1.39. The number of fused-ring (bicyclic) bond motifs is 1. The van der Waals surface area contributed by atoms with Crippen molar-refractivity contribution in [1.29, 1.82) is 0 Å². The molecule has 0 radical (unpaired) electrons. The molecule has 2 aromatic heterocycles. The molecule has 0 saturated carbocycles. The summed E-state index contributed by atoms with van der Waals surface area (Å²) in [6, 6.07) is 8.79. The van der Waals surface area contributed by atoms with E-state index in [2.05, 4.69) is 15.3 Å². The molecule has 0 atom stereocenters. The van der Waals surface area contributed by atoms with Crippen LogP contribution in [0.3, 0.4) is 0 Å². The van der Waals surface area contributed by atoms with E-state index in [9.17, 15) is 13.2 Å². The van der Waals surface area contributed by atoms with E-state index in [-0.39, 0.29) is 16.7 Å². The second-order valence-electron chi connectivity index (χ2n) is 6.39. The molecule has 4 rings (SSSR count). The number of carbonyl (C=O) groups is 1. The summed E-state index contributed by atoms with van der Waals surface area (Å²) in [5.41, 5.74) is 3.34. The van der Waals surface area contributed by atoms with Crippen molar-refractivity contribution in [2.24, 2.45) is 5.92 Å². The third-order valence-corrected chi connectivity index (χ3v) is 7.39. The van der Waals surface area contributed by atoms with Gasteiger partial charge in [0.15, 0.2) is 0 Å². The van der Waals surface area contributed by atoms with Gasteiger partial charge in [0, 0.05) is 37.1 Å². The number of sulfonamides is 1. The maximum atomic E-state index is 12.6. The van der Waals surface area contributed by atoms with Crippen LogP contribution in [0, 0.1) is 5.92 Å². The first-order valence-corrected chi connectivity index (χ1v) is 10.9. The summed E-state index contributed by atoms with van der Waals surface area (Å²) in [6.45, 7) is 0.640. The maximum Gasteiger partial charge on any atom is 0.244 e. The normalized spacial score (nSPS) is 16.4. The van der Waals surface area contributed by atoms with Gasteiger partial charge < -0.3 is 5.32 Å². The van der Waals surface area contributed by atoms with Crippen molar-refractivity contribution in [3.8, 4) is 0 Å². The lowest BCUT2D eigenvalue weighted by molar-refractivity contribution is -0.120. The van der Waals surface area contributed by atoms with Gasteiger partial charge in [-0.25, -0.2) is 13.4 Å². The highest BCUT2D eigenvalue weighted by molar-refractivity contribution is 7.89. The predicted molar refractivity (Wildman–Crippen MR) is 104 cm³/mol. The number of nitrogens with zero attached hydrogens (tertiary/aromatic N) is 3.